The Morgan fingerprint density at radius 1 is 0.966 bits per heavy atom. The first-order valence-corrected chi connectivity index (χ1v) is 9.74. The van der Waals surface area contributed by atoms with Crippen LogP contribution in [0.4, 0.5) is 5.69 Å². The molecule has 0 unspecified atom stereocenters. The van der Waals surface area contributed by atoms with Gasteiger partial charge in [0.25, 0.3) is 5.56 Å². The van der Waals surface area contributed by atoms with Crippen LogP contribution in [-0.4, -0.2) is 15.6 Å². The molecule has 0 radical (unpaired) electrons. The van der Waals surface area contributed by atoms with E-state index in [1.807, 2.05) is 36.4 Å². The molecule has 0 aliphatic carbocycles. The average Bonchev–Trinajstić information content (AvgIpc) is 2.70. The fourth-order valence-corrected chi connectivity index (χ4v) is 3.92. The smallest absolute Gasteiger partial charge is 0.353 e. The number of fused-ring (bicyclic) bond motifs is 1. The number of halogens is 1. The van der Waals surface area contributed by atoms with Crippen LogP contribution in [0.1, 0.15) is 16.1 Å². The monoisotopic (exact) mass is 448 g/mol. The number of benzene rings is 3. The maximum atomic E-state index is 13.3. The molecule has 29 heavy (non-hydrogen) atoms. The Morgan fingerprint density at radius 2 is 1.72 bits per heavy atom. The molecule has 5 nitrogen and oxygen atoms in total. The van der Waals surface area contributed by atoms with E-state index in [1.54, 1.807) is 36.4 Å². The van der Waals surface area contributed by atoms with Gasteiger partial charge >= 0.3 is 5.97 Å². The molecule has 144 valence electrons. The lowest BCUT2D eigenvalue weighted by Gasteiger charge is -2.18. The van der Waals surface area contributed by atoms with Crippen molar-refractivity contribution in [1.29, 1.82) is 0 Å². The van der Waals surface area contributed by atoms with Gasteiger partial charge in [0.15, 0.2) is 0 Å². The number of carboxylic acids is 1. The molecule has 4 aromatic rings. The topological polar surface area (TPSA) is 85.3 Å². The maximum Gasteiger partial charge on any atom is 0.353 e. The Hall–Kier alpha value is -3.38. The lowest BCUT2D eigenvalue weighted by molar-refractivity contribution is 0.0685. The van der Waals surface area contributed by atoms with E-state index >= 15 is 0 Å². The van der Waals surface area contributed by atoms with Gasteiger partial charge in [0.1, 0.15) is 5.69 Å². The minimum absolute atomic E-state index is 0.0470. The fourth-order valence-electron chi connectivity index (χ4n) is 3.56. The summed E-state index contributed by atoms with van der Waals surface area (Å²) in [6.07, 6.45) is 0. The highest BCUT2D eigenvalue weighted by atomic mass is 79.9. The summed E-state index contributed by atoms with van der Waals surface area (Å²) in [5.74, 6) is -1.16. The quantitative estimate of drug-likeness (QED) is 0.440. The van der Waals surface area contributed by atoms with Gasteiger partial charge in [0.05, 0.1) is 6.54 Å². The minimum Gasteiger partial charge on any atom is -0.477 e. The van der Waals surface area contributed by atoms with E-state index in [2.05, 4.69) is 15.9 Å². The number of hydrogen-bond donors (Lipinski definition) is 2. The van der Waals surface area contributed by atoms with E-state index in [-0.39, 0.29) is 17.8 Å². The second kappa shape index (κ2) is 7.56. The van der Waals surface area contributed by atoms with Crippen molar-refractivity contribution in [1.82, 2.24) is 4.57 Å². The summed E-state index contributed by atoms with van der Waals surface area (Å²) in [6, 6.07) is 21.6. The van der Waals surface area contributed by atoms with E-state index in [4.69, 9.17) is 5.73 Å². The lowest BCUT2D eigenvalue weighted by Crippen LogP contribution is -2.28. The predicted octanol–water partition coefficient (Wildman–Crippen LogP) is 4.76. The number of pyridine rings is 1. The molecule has 0 bridgehead atoms. The second-order valence-corrected chi connectivity index (χ2v) is 7.64. The van der Waals surface area contributed by atoms with Crippen molar-refractivity contribution in [3.63, 3.8) is 0 Å². The molecule has 0 spiro atoms. The molecular weight excluding hydrogens is 432 g/mol. The van der Waals surface area contributed by atoms with Crippen molar-refractivity contribution in [3.8, 4) is 11.1 Å². The van der Waals surface area contributed by atoms with Gasteiger partial charge in [-0.2, -0.15) is 0 Å². The first-order valence-electron chi connectivity index (χ1n) is 8.95. The molecule has 3 aromatic carbocycles. The summed E-state index contributed by atoms with van der Waals surface area (Å²) >= 11 is 3.44. The minimum atomic E-state index is -1.16. The number of rotatable bonds is 4. The molecule has 0 amide bonds. The van der Waals surface area contributed by atoms with Crippen molar-refractivity contribution in [3.05, 3.63) is 98.9 Å². The number of aromatic nitrogens is 1. The number of nitrogens with zero attached hydrogens (tertiary/aromatic N) is 1. The Kier molecular flexibility index (Phi) is 4.94. The van der Waals surface area contributed by atoms with Crippen LogP contribution in [0, 0.1) is 0 Å². The van der Waals surface area contributed by atoms with E-state index in [9.17, 15) is 14.7 Å². The van der Waals surface area contributed by atoms with E-state index < -0.39 is 5.97 Å². The Balaban J connectivity index is 2.12. The van der Waals surface area contributed by atoms with Gasteiger partial charge in [-0.15, -0.1) is 0 Å². The maximum absolute atomic E-state index is 13.3. The summed E-state index contributed by atoms with van der Waals surface area (Å²) in [7, 11) is 0. The third kappa shape index (κ3) is 3.54. The summed E-state index contributed by atoms with van der Waals surface area (Å²) in [4.78, 5) is 25.6. The molecule has 0 fully saturated rings. The van der Waals surface area contributed by atoms with Crippen LogP contribution in [0.5, 0.6) is 0 Å². The molecule has 0 saturated carbocycles. The van der Waals surface area contributed by atoms with Gasteiger partial charge in [-0.1, -0.05) is 58.4 Å². The lowest BCUT2D eigenvalue weighted by atomic mass is 9.96. The van der Waals surface area contributed by atoms with Crippen LogP contribution in [0.2, 0.25) is 0 Å². The summed E-state index contributed by atoms with van der Waals surface area (Å²) < 4.78 is 2.09. The van der Waals surface area contributed by atoms with Crippen LogP contribution in [-0.2, 0) is 6.54 Å². The first-order chi connectivity index (χ1) is 14.0. The summed E-state index contributed by atoms with van der Waals surface area (Å²) in [6.45, 7) is 0.108. The molecule has 0 atom stereocenters. The van der Waals surface area contributed by atoms with Gasteiger partial charge in [-0.3, -0.25) is 9.36 Å². The van der Waals surface area contributed by atoms with Gasteiger partial charge in [0.2, 0.25) is 0 Å². The van der Waals surface area contributed by atoms with Crippen LogP contribution >= 0.6 is 15.9 Å². The fraction of sp³-hybridized carbons (Fsp3) is 0.0435. The molecule has 4 rings (SSSR count). The summed E-state index contributed by atoms with van der Waals surface area (Å²) in [5, 5.41) is 11.2. The molecule has 1 aromatic heterocycles. The van der Waals surface area contributed by atoms with Crippen molar-refractivity contribution >= 4 is 38.4 Å². The van der Waals surface area contributed by atoms with Crippen molar-refractivity contribution in [2.24, 2.45) is 0 Å². The number of hydrogen-bond acceptors (Lipinski definition) is 3. The van der Waals surface area contributed by atoms with Crippen molar-refractivity contribution in [2.45, 2.75) is 6.54 Å². The largest absolute Gasteiger partial charge is 0.477 e. The van der Waals surface area contributed by atoms with Gasteiger partial charge in [0, 0.05) is 21.1 Å². The van der Waals surface area contributed by atoms with Gasteiger partial charge < -0.3 is 10.8 Å². The normalized spacial score (nSPS) is 10.9. The van der Waals surface area contributed by atoms with E-state index in [1.165, 1.54) is 4.57 Å². The van der Waals surface area contributed by atoms with E-state index in [0.717, 1.165) is 15.6 Å². The number of carboxylic acid groups (broad SMARTS) is 1. The third-order valence-electron chi connectivity index (χ3n) is 4.79. The standard InChI is InChI=1S/C23H17BrN2O3/c24-16-9-10-18-19(12-16)20(15-6-2-1-3-7-15)21(23(28)29)26(22(18)27)13-14-5-4-8-17(25)11-14/h1-12H,13,25H2,(H,28,29). The van der Waals surface area contributed by atoms with Crippen molar-refractivity contribution in [2.75, 3.05) is 5.73 Å². The number of carbonyl (C=O) groups is 1. The highest BCUT2D eigenvalue weighted by Gasteiger charge is 2.23. The Morgan fingerprint density at radius 3 is 2.41 bits per heavy atom. The second-order valence-electron chi connectivity index (χ2n) is 6.72. The zero-order valence-electron chi connectivity index (χ0n) is 15.3. The SMILES string of the molecule is Nc1cccc(Cn2c(C(=O)O)c(-c3ccccc3)c3cc(Br)ccc3c2=O)c1. The van der Waals surface area contributed by atoms with E-state index in [0.29, 0.717) is 22.0 Å². The average molecular weight is 449 g/mol. The molecule has 1 heterocycles. The molecule has 0 aliphatic rings. The summed E-state index contributed by atoms with van der Waals surface area (Å²) in [5.41, 5.74) is 8.02. The predicted molar refractivity (Wildman–Crippen MR) is 118 cm³/mol. The zero-order chi connectivity index (χ0) is 20.5. The molecule has 0 aliphatic heterocycles. The molecular formula is C23H17BrN2O3. The van der Waals surface area contributed by atoms with Gasteiger partial charge in [-0.05, 0) is 46.8 Å². The van der Waals surface area contributed by atoms with Crippen LogP contribution < -0.4 is 11.3 Å². The number of aromatic carboxylic acids is 1. The van der Waals surface area contributed by atoms with Crippen LogP contribution in [0.25, 0.3) is 21.9 Å². The highest BCUT2D eigenvalue weighted by molar-refractivity contribution is 9.10. The Bertz CT molecular complexity index is 1300. The van der Waals surface area contributed by atoms with Crippen LogP contribution in [0.15, 0.2) is 82.1 Å². The Labute approximate surface area is 175 Å². The molecule has 6 heteroatoms. The molecule has 3 N–H and O–H groups in total. The van der Waals surface area contributed by atoms with Crippen LogP contribution in [0.3, 0.4) is 0 Å². The number of nitrogens with two attached hydrogens (primary N) is 1. The van der Waals surface area contributed by atoms with Gasteiger partial charge in [-0.25, -0.2) is 4.79 Å². The third-order valence-corrected chi connectivity index (χ3v) is 5.28. The number of nitrogen functional groups attached to an aromatic ring is 1. The first kappa shape index (κ1) is 19.0. The van der Waals surface area contributed by atoms with Crippen molar-refractivity contribution < 1.29 is 9.90 Å². The zero-order valence-corrected chi connectivity index (χ0v) is 16.9. The number of anilines is 1. The highest BCUT2D eigenvalue weighted by Crippen LogP contribution is 2.32. The molecule has 0 saturated heterocycles.